The first-order chi connectivity index (χ1) is 11.4. The molecule has 1 heterocycles. The highest BCUT2D eigenvalue weighted by Crippen LogP contribution is 2.27. The molecule has 6 nitrogen and oxygen atoms in total. The van der Waals surface area contributed by atoms with Gasteiger partial charge in [-0.25, -0.2) is 4.39 Å². The zero-order valence-corrected chi connectivity index (χ0v) is 12.9. The van der Waals surface area contributed by atoms with Crippen molar-refractivity contribution in [3.63, 3.8) is 0 Å². The standard InChI is InChI=1S/C16H12ClFN2O4/c17-13-4-1-9(5-15(13)20(23)24)16(22)19-7-10(8-21)12-3-2-11(18)6-14(12)19/h1-7,21,23-24H,8H2. The van der Waals surface area contributed by atoms with Crippen molar-refractivity contribution in [2.24, 2.45) is 0 Å². The molecule has 0 aliphatic carbocycles. The molecule has 0 saturated carbocycles. The number of halogens is 2. The van der Waals surface area contributed by atoms with Crippen LogP contribution in [0.15, 0.2) is 42.6 Å². The maximum atomic E-state index is 13.5. The number of nitrogens with zero attached hydrogens (tertiary/aromatic N) is 2. The van der Waals surface area contributed by atoms with E-state index in [1.54, 1.807) is 0 Å². The van der Waals surface area contributed by atoms with Gasteiger partial charge in [0.25, 0.3) is 5.91 Å². The van der Waals surface area contributed by atoms with Crippen LogP contribution in [0.1, 0.15) is 15.9 Å². The first-order valence-corrected chi connectivity index (χ1v) is 7.22. The molecule has 24 heavy (non-hydrogen) atoms. The van der Waals surface area contributed by atoms with Crippen LogP contribution in [-0.4, -0.2) is 26.0 Å². The smallest absolute Gasteiger partial charge is 0.262 e. The zero-order valence-electron chi connectivity index (χ0n) is 12.1. The van der Waals surface area contributed by atoms with E-state index in [0.29, 0.717) is 16.5 Å². The first-order valence-electron chi connectivity index (χ1n) is 6.85. The Bertz CT molecular complexity index is 939. The molecule has 124 valence electrons. The van der Waals surface area contributed by atoms with E-state index in [0.717, 1.165) is 0 Å². The lowest BCUT2D eigenvalue weighted by molar-refractivity contribution is 0.0292. The minimum absolute atomic E-state index is 0.0380. The molecule has 0 aliphatic rings. The number of anilines is 1. The van der Waals surface area contributed by atoms with E-state index in [2.05, 4.69) is 0 Å². The monoisotopic (exact) mass is 350 g/mol. The lowest BCUT2D eigenvalue weighted by Gasteiger charge is -2.12. The minimum atomic E-state index is -0.537. The number of aromatic nitrogens is 1. The van der Waals surface area contributed by atoms with Crippen molar-refractivity contribution in [2.45, 2.75) is 6.61 Å². The van der Waals surface area contributed by atoms with E-state index in [1.165, 1.54) is 47.2 Å². The Kier molecular flexibility index (Phi) is 4.25. The van der Waals surface area contributed by atoms with Crippen molar-refractivity contribution >= 4 is 34.1 Å². The number of carbonyl (C=O) groups excluding carboxylic acids is 1. The van der Waals surface area contributed by atoms with Crippen molar-refractivity contribution in [3.8, 4) is 0 Å². The average molecular weight is 351 g/mol. The van der Waals surface area contributed by atoms with Gasteiger partial charge in [-0.15, -0.1) is 5.23 Å². The average Bonchev–Trinajstić information content (AvgIpc) is 2.92. The topological polar surface area (TPSA) is 85.9 Å². The predicted molar refractivity (Wildman–Crippen MR) is 85.1 cm³/mol. The Morgan fingerprint density at radius 3 is 2.62 bits per heavy atom. The van der Waals surface area contributed by atoms with E-state index >= 15 is 0 Å². The summed E-state index contributed by atoms with van der Waals surface area (Å²) in [7, 11) is 0. The summed E-state index contributed by atoms with van der Waals surface area (Å²) in [5.74, 6) is -1.06. The van der Waals surface area contributed by atoms with E-state index in [4.69, 9.17) is 22.0 Å². The van der Waals surface area contributed by atoms with E-state index in [9.17, 15) is 14.3 Å². The molecule has 1 aromatic heterocycles. The molecular formula is C16H12ClFN2O4. The molecule has 0 spiro atoms. The molecule has 3 aromatic rings. The van der Waals surface area contributed by atoms with Gasteiger partial charge in [-0.3, -0.25) is 19.8 Å². The summed E-state index contributed by atoms with van der Waals surface area (Å²) in [6, 6.07) is 7.84. The van der Waals surface area contributed by atoms with Crippen molar-refractivity contribution in [1.82, 2.24) is 4.57 Å². The van der Waals surface area contributed by atoms with Crippen molar-refractivity contribution in [1.29, 1.82) is 0 Å². The summed E-state index contributed by atoms with van der Waals surface area (Å²) >= 11 is 5.82. The third-order valence-corrected chi connectivity index (χ3v) is 3.97. The molecule has 3 N–H and O–H groups in total. The number of benzene rings is 2. The zero-order chi connectivity index (χ0) is 17.4. The van der Waals surface area contributed by atoms with Gasteiger partial charge in [-0.05, 0) is 36.4 Å². The molecule has 0 amide bonds. The van der Waals surface area contributed by atoms with Crippen LogP contribution in [0.25, 0.3) is 10.9 Å². The number of rotatable bonds is 3. The fourth-order valence-electron chi connectivity index (χ4n) is 2.50. The first kappa shape index (κ1) is 16.4. The second-order valence-corrected chi connectivity index (χ2v) is 5.51. The summed E-state index contributed by atoms with van der Waals surface area (Å²) in [5.41, 5.74) is 0.699. The minimum Gasteiger partial charge on any atom is -0.392 e. The number of aliphatic hydroxyl groups is 1. The third-order valence-electron chi connectivity index (χ3n) is 3.65. The highest BCUT2D eigenvalue weighted by atomic mass is 35.5. The van der Waals surface area contributed by atoms with E-state index in [-0.39, 0.29) is 28.1 Å². The number of hydrogen-bond acceptors (Lipinski definition) is 5. The van der Waals surface area contributed by atoms with Crippen LogP contribution in [-0.2, 0) is 6.61 Å². The maximum absolute atomic E-state index is 13.5. The summed E-state index contributed by atoms with van der Waals surface area (Å²) in [5, 5.41) is 28.1. The Morgan fingerprint density at radius 1 is 1.21 bits per heavy atom. The fourth-order valence-corrected chi connectivity index (χ4v) is 2.70. The Hall–Kier alpha value is -2.45. The largest absolute Gasteiger partial charge is 0.392 e. The molecular weight excluding hydrogens is 339 g/mol. The Balaban J connectivity index is 2.16. The molecule has 0 fully saturated rings. The predicted octanol–water partition coefficient (Wildman–Crippen LogP) is 3.20. The molecule has 0 unspecified atom stereocenters. The highest BCUT2D eigenvalue weighted by Gasteiger charge is 2.18. The van der Waals surface area contributed by atoms with Crippen LogP contribution < -0.4 is 5.23 Å². The summed E-state index contributed by atoms with van der Waals surface area (Å²) in [6.07, 6.45) is 1.41. The van der Waals surface area contributed by atoms with E-state index < -0.39 is 11.7 Å². The molecule has 2 aromatic carbocycles. The van der Waals surface area contributed by atoms with Gasteiger partial charge in [0.15, 0.2) is 0 Å². The Morgan fingerprint density at radius 2 is 1.96 bits per heavy atom. The van der Waals surface area contributed by atoms with Crippen molar-refractivity contribution in [3.05, 3.63) is 64.6 Å². The van der Waals surface area contributed by atoms with Crippen LogP contribution in [0.4, 0.5) is 10.1 Å². The molecule has 0 atom stereocenters. The summed E-state index contributed by atoms with van der Waals surface area (Å²) in [6.45, 7) is -0.310. The second kappa shape index (κ2) is 6.21. The summed E-state index contributed by atoms with van der Waals surface area (Å²) < 4.78 is 14.7. The van der Waals surface area contributed by atoms with E-state index in [1.807, 2.05) is 0 Å². The molecule has 0 bridgehead atoms. The lowest BCUT2D eigenvalue weighted by Crippen LogP contribution is -2.15. The molecule has 0 saturated heterocycles. The molecule has 0 aliphatic heterocycles. The number of aliphatic hydroxyl groups excluding tert-OH is 1. The van der Waals surface area contributed by atoms with Crippen LogP contribution in [0, 0.1) is 5.82 Å². The third kappa shape index (κ3) is 2.74. The van der Waals surface area contributed by atoms with Gasteiger partial charge in [0, 0.05) is 22.7 Å². The van der Waals surface area contributed by atoms with Gasteiger partial charge >= 0.3 is 0 Å². The van der Waals surface area contributed by atoms with Crippen LogP contribution in [0.5, 0.6) is 0 Å². The van der Waals surface area contributed by atoms with Gasteiger partial charge in [0.2, 0.25) is 0 Å². The highest BCUT2D eigenvalue weighted by molar-refractivity contribution is 6.33. The fraction of sp³-hybridized carbons (Fsp3) is 0.0625. The number of hydrogen-bond donors (Lipinski definition) is 3. The van der Waals surface area contributed by atoms with Gasteiger partial charge in [-0.2, -0.15) is 0 Å². The molecule has 8 heteroatoms. The second-order valence-electron chi connectivity index (χ2n) is 5.10. The van der Waals surface area contributed by atoms with Gasteiger partial charge in [-0.1, -0.05) is 11.6 Å². The van der Waals surface area contributed by atoms with Crippen LogP contribution in [0.2, 0.25) is 5.02 Å². The molecule has 3 rings (SSSR count). The maximum Gasteiger partial charge on any atom is 0.262 e. The van der Waals surface area contributed by atoms with Gasteiger partial charge < -0.3 is 5.11 Å². The van der Waals surface area contributed by atoms with Crippen molar-refractivity contribution in [2.75, 3.05) is 5.23 Å². The van der Waals surface area contributed by atoms with Gasteiger partial charge in [0.1, 0.15) is 11.5 Å². The van der Waals surface area contributed by atoms with Gasteiger partial charge in [0.05, 0.1) is 17.1 Å². The van der Waals surface area contributed by atoms with Crippen LogP contribution >= 0.6 is 11.6 Å². The van der Waals surface area contributed by atoms with Crippen molar-refractivity contribution < 1.29 is 24.7 Å². The number of fused-ring (bicyclic) bond motifs is 1. The SMILES string of the molecule is O=C(c1ccc(Cl)c(N(O)O)c1)n1cc(CO)c2ccc(F)cc21. The lowest BCUT2D eigenvalue weighted by atomic mass is 10.1. The van der Waals surface area contributed by atoms with Crippen LogP contribution in [0.3, 0.4) is 0 Å². The Labute approximate surface area is 140 Å². The summed E-state index contributed by atoms with van der Waals surface area (Å²) in [4.78, 5) is 12.7. The quantitative estimate of drug-likeness (QED) is 0.631. The molecule has 0 radical (unpaired) electrons. The number of carbonyl (C=O) groups is 1. The normalized spacial score (nSPS) is 11.0.